The van der Waals surface area contributed by atoms with Gasteiger partial charge in [-0.3, -0.25) is 0 Å². The van der Waals surface area contributed by atoms with E-state index >= 15 is 0 Å². The third kappa shape index (κ3) is 3.47. The summed E-state index contributed by atoms with van der Waals surface area (Å²) in [5, 5.41) is 12.6. The van der Waals surface area contributed by atoms with Crippen LogP contribution in [0.15, 0.2) is 24.3 Å². The van der Waals surface area contributed by atoms with Gasteiger partial charge in [-0.2, -0.15) is 0 Å². The Kier molecular flexibility index (Phi) is 5.02. The Hall–Kier alpha value is -1.06. The van der Waals surface area contributed by atoms with Crippen LogP contribution in [-0.4, -0.2) is 37.4 Å². The summed E-state index contributed by atoms with van der Waals surface area (Å²) in [4.78, 5) is 2.43. The summed E-state index contributed by atoms with van der Waals surface area (Å²) in [6.45, 7) is 5.59. The van der Waals surface area contributed by atoms with Crippen LogP contribution in [0.5, 0.6) is 0 Å². The van der Waals surface area contributed by atoms with Gasteiger partial charge in [0, 0.05) is 31.4 Å². The van der Waals surface area contributed by atoms with E-state index in [4.69, 9.17) is 5.11 Å². The van der Waals surface area contributed by atoms with Gasteiger partial charge >= 0.3 is 0 Å². The fraction of sp³-hybridized carbons (Fsp3) is 0.600. The van der Waals surface area contributed by atoms with E-state index in [0.29, 0.717) is 6.04 Å². The third-order valence-corrected chi connectivity index (χ3v) is 3.67. The average Bonchev–Trinajstić information content (AvgIpc) is 2.65. The summed E-state index contributed by atoms with van der Waals surface area (Å²) in [6, 6.07) is 9.28. The van der Waals surface area contributed by atoms with Gasteiger partial charge in [0.15, 0.2) is 0 Å². The number of hydrogen-bond acceptors (Lipinski definition) is 3. The van der Waals surface area contributed by atoms with Crippen molar-refractivity contribution in [3.05, 3.63) is 29.8 Å². The van der Waals surface area contributed by atoms with E-state index in [2.05, 4.69) is 41.4 Å². The number of nitrogens with one attached hydrogen (secondary N) is 1. The zero-order valence-corrected chi connectivity index (χ0v) is 11.2. The molecule has 1 aromatic rings. The van der Waals surface area contributed by atoms with Gasteiger partial charge in [-0.25, -0.2) is 0 Å². The highest BCUT2D eigenvalue weighted by Gasteiger charge is 2.17. The molecule has 0 spiro atoms. The van der Waals surface area contributed by atoms with Crippen LogP contribution in [0.25, 0.3) is 0 Å². The number of benzene rings is 1. The lowest BCUT2D eigenvalue weighted by atomic mass is 10.1. The van der Waals surface area contributed by atoms with Gasteiger partial charge in [0.1, 0.15) is 0 Å². The Labute approximate surface area is 110 Å². The number of anilines is 1. The van der Waals surface area contributed by atoms with Crippen molar-refractivity contribution in [1.82, 2.24) is 5.32 Å². The van der Waals surface area contributed by atoms with Crippen molar-refractivity contribution in [2.75, 3.05) is 31.1 Å². The van der Waals surface area contributed by atoms with Crippen molar-refractivity contribution in [2.45, 2.75) is 32.2 Å². The molecule has 2 N–H and O–H groups in total. The lowest BCUT2D eigenvalue weighted by Crippen LogP contribution is -2.38. The predicted octanol–water partition coefficient (Wildman–Crippen LogP) is 1.80. The molecule has 0 saturated carbocycles. The van der Waals surface area contributed by atoms with E-state index in [1.54, 1.807) is 0 Å². The van der Waals surface area contributed by atoms with Crippen molar-refractivity contribution in [3.8, 4) is 0 Å². The van der Waals surface area contributed by atoms with Gasteiger partial charge < -0.3 is 15.3 Å². The monoisotopic (exact) mass is 248 g/mol. The van der Waals surface area contributed by atoms with Crippen molar-refractivity contribution in [3.63, 3.8) is 0 Å². The molecule has 1 unspecified atom stereocenters. The summed E-state index contributed by atoms with van der Waals surface area (Å²) in [7, 11) is 0. The lowest BCUT2D eigenvalue weighted by molar-refractivity contribution is 0.267. The zero-order valence-electron chi connectivity index (χ0n) is 11.2. The molecular formula is C15H24N2O. The van der Waals surface area contributed by atoms with E-state index in [-0.39, 0.29) is 6.61 Å². The highest BCUT2D eigenvalue weighted by atomic mass is 16.3. The van der Waals surface area contributed by atoms with Crippen LogP contribution in [0.1, 0.15) is 25.3 Å². The number of aliphatic hydroxyl groups excluding tert-OH is 1. The Morgan fingerprint density at radius 2 is 2.11 bits per heavy atom. The minimum absolute atomic E-state index is 0.264. The van der Waals surface area contributed by atoms with Crippen LogP contribution in [-0.2, 0) is 6.42 Å². The van der Waals surface area contributed by atoms with Gasteiger partial charge in [-0.15, -0.1) is 0 Å². The minimum Gasteiger partial charge on any atom is -0.396 e. The first-order valence-electron chi connectivity index (χ1n) is 7.01. The second kappa shape index (κ2) is 6.76. The Morgan fingerprint density at radius 1 is 1.33 bits per heavy atom. The van der Waals surface area contributed by atoms with Gasteiger partial charge in [0.05, 0.1) is 0 Å². The van der Waals surface area contributed by atoms with Crippen LogP contribution < -0.4 is 10.2 Å². The summed E-state index contributed by atoms with van der Waals surface area (Å²) in [5.74, 6) is 0. The summed E-state index contributed by atoms with van der Waals surface area (Å²) >= 11 is 0. The highest BCUT2D eigenvalue weighted by Crippen LogP contribution is 2.18. The van der Waals surface area contributed by atoms with Gasteiger partial charge in [0.25, 0.3) is 0 Å². The molecule has 100 valence electrons. The first-order chi connectivity index (χ1) is 8.83. The second-order valence-electron chi connectivity index (χ2n) is 4.98. The zero-order chi connectivity index (χ0) is 12.8. The van der Waals surface area contributed by atoms with E-state index in [0.717, 1.165) is 38.9 Å². The first-order valence-corrected chi connectivity index (χ1v) is 7.01. The van der Waals surface area contributed by atoms with Crippen molar-refractivity contribution >= 4 is 5.69 Å². The molecule has 0 radical (unpaired) electrons. The molecular weight excluding hydrogens is 224 g/mol. The molecule has 1 aromatic carbocycles. The molecule has 1 aliphatic rings. The molecule has 0 aliphatic carbocycles. The molecule has 3 nitrogen and oxygen atoms in total. The van der Waals surface area contributed by atoms with Crippen LogP contribution in [0, 0.1) is 0 Å². The minimum atomic E-state index is 0.264. The van der Waals surface area contributed by atoms with Gasteiger partial charge in [0.2, 0.25) is 0 Å². The number of aliphatic hydroxyl groups is 1. The molecule has 3 heteroatoms. The second-order valence-corrected chi connectivity index (χ2v) is 4.98. The molecule has 1 heterocycles. The van der Waals surface area contributed by atoms with Crippen LogP contribution in [0.2, 0.25) is 0 Å². The highest BCUT2D eigenvalue weighted by molar-refractivity contribution is 5.48. The Morgan fingerprint density at radius 3 is 2.78 bits per heavy atom. The molecule has 0 aromatic heterocycles. The molecule has 0 amide bonds. The first kappa shape index (κ1) is 13.4. The number of aryl methyl sites for hydroxylation is 1. The molecule has 18 heavy (non-hydrogen) atoms. The Bertz CT molecular complexity index is 350. The maximum absolute atomic E-state index is 9.08. The molecule has 1 saturated heterocycles. The number of nitrogens with zero attached hydrogens (tertiary/aromatic N) is 1. The molecule has 0 bridgehead atoms. The summed E-state index contributed by atoms with van der Waals surface area (Å²) < 4.78 is 0. The van der Waals surface area contributed by atoms with E-state index in [9.17, 15) is 0 Å². The SMILES string of the molecule is CCc1ccc(N2CCCNC(CCO)C2)cc1. The van der Waals surface area contributed by atoms with E-state index < -0.39 is 0 Å². The average molecular weight is 248 g/mol. The normalized spacial score (nSPS) is 20.8. The van der Waals surface area contributed by atoms with Gasteiger partial charge in [-0.1, -0.05) is 19.1 Å². The van der Waals surface area contributed by atoms with Crippen LogP contribution in [0.3, 0.4) is 0 Å². The fourth-order valence-electron chi connectivity index (χ4n) is 2.52. The van der Waals surface area contributed by atoms with E-state index in [1.165, 1.54) is 11.3 Å². The van der Waals surface area contributed by atoms with E-state index in [1.807, 2.05) is 0 Å². The van der Waals surface area contributed by atoms with Crippen molar-refractivity contribution < 1.29 is 5.11 Å². The quantitative estimate of drug-likeness (QED) is 0.853. The smallest absolute Gasteiger partial charge is 0.0446 e. The predicted molar refractivity (Wildman–Crippen MR) is 76.1 cm³/mol. The number of rotatable bonds is 4. The summed E-state index contributed by atoms with van der Waals surface area (Å²) in [5.41, 5.74) is 2.69. The number of hydrogen-bond donors (Lipinski definition) is 2. The Balaban J connectivity index is 2.04. The van der Waals surface area contributed by atoms with Crippen LogP contribution >= 0.6 is 0 Å². The van der Waals surface area contributed by atoms with Crippen molar-refractivity contribution in [2.24, 2.45) is 0 Å². The van der Waals surface area contributed by atoms with Crippen molar-refractivity contribution in [1.29, 1.82) is 0 Å². The molecule has 1 atom stereocenters. The van der Waals surface area contributed by atoms with Gasteiger partial charge in [-0.05, 0) is 43.5 Å². The fourth-order valence-corrected chi connectivity index (χ4v) is 2.52. The summed E-state index contributed by atoms with van der Waals surface area (Å²) in [6.07, 6.45) is 3.09. The standard InChI is InChI=1S/C15H24N2O/c1-2-13-4-6-15(7-5-13)17-10-3-9-16-14(12-17)8-11-18/h4-7,14,16,18H,2-3,8-12H2,1H3. The van der Waals surface area contributed by atoms with Crippen LogP contribution in [0.4, 0.5) is 5.69 Å². The molecule has 2 rings (SSSR count). The maximum atomic E-state index is 9.08. The largest absolute Gasteiger partial charge is 0.396 e. The topological polar surface area (TPSA) is 35.5 Å². The lowest BCUT2D eigenvalue weighted by Gasteiger charge is -2.26. The maximum Gasteiger partial charge on any atom is 0.0446 e. The third-order valence-electron chi connectivity index (χ3n) is 3.67. The molecule has 1 aliphatic heterocycles. The molecule has 1 fully saturated rings.